The minimum absolute atomic E-state index is 0.118. The quantitative estimate of drug-likeness (QED) is 0.426. The lowest BCUT2D eigenvalue weighted by Gasteiger charge is -2.20. The summed E-state index contributed by atoms with van der Waals surface area (Å²) in [6.45, 7) is 0.483. The van der Waals surface area contributed by atoms with E-state index in [1.807, 2.05) is 0 Å². The molecular weight excluding hydrogens is 312 g/mol. The first-order valence-corrected chi connectivity index (χ1v) is 7.83. The molecule has 1 aliphatic rings. The van der Waals surface area contributed by atoms with E-state index in [1.165, 1.54) is 12.1 Å². The Balaban J connectivity index is 2.04. The number of rotatable bonds is 7. The fourth-order valence-electron chi connectivity index (χ4n) is 2.56. The van der Waals surface area contributed by atoms with Crippen molar-refractivity contribution in [1.82, 2.24) is 16.0 Å². The molecule has 0 radical (unpaired) electrons. The normalized spacial score (nSPS) is 17.9. The van der Waals surface area contributed by atoms with Gasteiger partial charge in [0.15, 0.2) is 0 Å². The van der Waals surface area contributed by atoms with E-state index in [9.17, 15) is 19.5 Å². The highest BCUT2D eigenvalue weighted by Gasteiger charge is 2.27. The number of phenols is 1. The van der Waals surface area contributed by atoms with E-state index in [4.69, 9.17) is 5.73 Å². The van der Waals surface area contributed by atoms with E-state index in [-0.39, 0.29) is 30.7 Å². The summed E-state index contributed by atoms with van der Waals surface area (Å²) in [4.78, 5) is 35.4. The zero-order chi connectivity index (χ0) is 17.5. The molecule has 2 atom stereocenters. The summed E-state index contributed by atoms with van der Waals surface area (Å²) in [5.74, 6) is -1.26. The van der Waals surface area contributed by atoms with Crippen LogP contribution in [0.15, 0.2) is 24.3 Å². The maximum Gasteiger partial charge on any atom is 0.243 e. The largest absolute Gasteiger partial charge is 0.508 e. The number of primary amides is 1. The smallest absolute Gasteiger partial charge is 0.243 e. The van der Waals surface area contributed by atoms with Crippen LogP contribution in [0.2, 0.25) is 0 Å². The number of hydrogen-bond donors (Lipinski definition) is 5. The molecule has 1 aromatic rings. The van der Waals surface area contributed by atoms with Crippen LogP contribution in [0.25, 0.3) is 0 Å². The second-order valence-corrected chi connectivity index (χ2v) is 5.76. The van der Waals surface area contributed by atoms with Gasteiger partial charge in [0, 0.05) is 6.42 Å². The topological polar surface area (TPSA) is 134 Å². The predicted molar refractivity (Wildman–Crippen MR) is 87.0 cm³/mol. The van der Waals surface area contributed by atoms with Crippen LogP contribution in [0.1, 0.15) is 18.4 Å². The molecule has 8 heteroatoms. The standard InChI is InChI=1S/C16H22N4O4/c17-14(22)9-19-15(23)13(8-10-3-5-11(21)6-4-10)20-16(24)12-2-1-7-18-12/h3-6,12-13,18,21H,1-2,7-9H2,(H2,17,22)(H,19,23)(H,20,24)/t12-,13-/m0/s1. The first-order valence-electron chi connectivity index (χ1n) is 7.83. The van der Waals surface area contributed by atoms with Gasteiger partial charge in [0.25, 0.3) is 0 Å². The number of nitrogens with one attached hydrogen (secondary N) is 3. The van der Waals surface area contributed by atoms with E-state index < -0.39 is 17.9 Å². The van der Waals surface area contributed by atoms with E-state index in [2.05, 4.69) is 16.0 Å². The maximum absolute atomic E-state index is 12.3. The van der Waals surface area contributed by atoms with Crippen molar-refractivity contribution in [1.29, 1.82) is 0 Å². The number of aromatic hydroxyl groups is 1. The molecule has 130 valence electrons. The summed E-state index contributed by atoms with van der Waals surface area (Å²) in [5, 5.41) is 17.5. The average molecular weight is 334 g/mol. The zero-order valence-corrected chi connectivity index (χ0v) is 13.2. The maximum atomic E-state index is 12.3. The van der Waals surface area contributed by atoms with Crippen molar-refractivity contribution in [2.75, 3.05) is 13.1 Å². The lowest BCUT2D eigenvalue weighted by molar-refractivity contribution is -0.130. The summed E-state index contributed by atoms with van der Waals surface area (Å²) in [5.41, 5.74) is 5.80. The van der Waals surface area contributed by atoms with E-state index in [1.54, 1.807) is 12.1 Å². The number of amides is 3. The van der Waals surface area contributed by atoms with Gasteiger partial charge in [0.1, 0.15) is 11.8 Å². The Labute approximate surface area is 139 Å². The summed E-state index contributed by atoms with van der Waals surface area (Å²) < 4.78 is 0. The van der Waals surface area contributed by atoms with Gasteiger partial charge >= 0.3 is 0 Å². The molecule has 0 spiro atoms. The lowest BCUT2D eigenvalue weighted by Crippen LogP contribution is -2.53. The van der Waals surface area contributed by atoms with Crippen LogP contribution in [0.5, 0.6) is 5.75 Å². The van der Waals surface area contributed by atoms with E-state index in [0.717, 1.165) is 24.9 Å². The fourth-order valence-corrected chi connectivity index (χ4v) is 2.56. The van der Waals surface area contributed by atoms with Crippen LogP contribution in [0, 0.1) is 0 Å². The molecule has 1 fully saturated rings. The van der Waals surface area contributed by atoms with Gasteiger partial charge in [-0.25, -0.2) is 0 Å². The lowest BCUT2D eigenvalue weighted by atomic mass is 10.0. The van der Waals surface area contributed by atoms with Crippen molar-refractivity contribution in [3.63, 3.8) is 0 Å². The summed E-state index contributed by atoms with van der Waals surface area (Å²) in [6.07, 6.45) is 1.87. The second kappa shape index (κ2) is 8.30. The first kappa shape index (κ1) is 17.7. The average Bonchev–Trinajstić information content (AvgIpc) is 3.08. The molecule has 3 amide bonds. The molecular formula is C16H22N4O4. The van der Waals surface area contributed by atoms with Crippen LogP contribution in [0.3, 0.4) is 0 Å². The number of nitrogens with two attached hydrogens (primary N) is 1. The molecule has 0 bridgehead atoms. The number of carbonyl (C=O) groups excluding carboxylic acids is 3. The van der Waals surface area contributed by atoms with Gasteiger partial charge in [-0.1, -0.05) is 12.1 Å². The SMILES string of the molecule is NC(=O)CNC(=O)[C@H](Cc1ccc(O)cc1)NC(=O)[C@@H]1CCCN1. The highest BCUT2D eigenvalue weighted by atomic mass is 16.3. The van der Waals surface area contributed by atoms with Gasteiger partial charge in [0.05, 0.1) is 12.6 Å². The monoisotopic (exact) mass is 334 g/mol. The summed E-state index contributed by atoms with van der Waals surface area (Å²) in [6, 6.07) is 5.22. The van der Waals surface area contributed by atoms with Gasteiger partial charge in [-0.3, -0.25) is 14.4 Å². The molecule has 1 heterocycles. The summed E-state index contributed by atoms with van der Waals surface area (Å²) in [7, 11) is 0. The number of phenolic OH excluding ortho intramolecular Hbond substituents is 1. The Kier molecular flexibility index (Phi) is 6.14. The molecule has 1 aromatic carbocycles. The van der Waals surface area contributed by atoms with Gasteiger partial charge in [-0.2, -0.15) is 0 Å². The van der Waals surface area contributed by atoms with Crippen LogP contribution >= 0.6 is 0 Å². The Morgan fingerprint density at radius 1 is 1.29 bits per heavy atom. The molecule has 1 aliphatic heterocycles. The van der Waals surface area contributed by atoms with Gasteiger partial charge in [-0.15, -0.1) is 0 Å². The van der Waals surface area contributed by atoms with Crippen LogP contribution in [0.4, 0.5) is 0 Å². The van der Waals surface area contributed by atoms with Crippen molar-refractivity contribution in [2.45, 2.75) is 31.3 Å². The Morgan fingerprint density at radius 3 is 2.58 bits per heavy atom. The van der Waals surface area contributed by atoms with Crippen LogP contribution in [-0.2, 0) is 20.8 Å². The van der Waals surface area contributed by atoms with Crippen molar-refractivity contribution >= 4 is 17.7 Å². The summed E-state index contributed by atoms with van der Waals surface area (Å²) >= 11 is 0. The molecule has 24 heavy (non-hydrogen) atoms. The number of hydrogen-bond acceptors (Lipinski definition) is 5. The minimum Gasteiger partial charge on any atom is -0.508 e. The molecule has 2 rings (SSSR count). The Morgan fingerprint density at radius 2 is 2.00 bits per heavy atom. The third kappa shape index (κ3) is 5.24. The first-order chi connectivity index (χ1) is 11.5. The Hall–Kier alpha value is -2.61. The van der Waals surface area contributed by atoms with Crippen LogP contribution in [-0.4, -0.2) is 48.0 Å². The highest BCUT2D eigenvalue weighted by molar-refractivity contribution is 5.91. The predicted octanol–water partition coefficient (Wildman–Crippen LogP) is -1.23. The third-order valence-corrected chi connectivity index (χ3v) is 3.82. The van der Waals surface area contributed by atoms with Crippen molar-refractivity contribution < 1.29 is 19.5 Å². The molecule has 1 saturated heterocycles. The van der Waals surface area contributed by atoms with Gasteiger partial charge in [-0.05, 0) is 37.1 Å². The molecule has 0 unspecified atom stereocenters. The van der Waals surface area contributed by atoms with Crippen LogP contribution < -0.4 is 21.7 Å². The third-order valence-electron chi connectivity index (χ3n) is 3.82. The second-order valence-electron chi connectivity index (χ2n) is 5.76. The minimum atomic E-state index is -0.830. The van der Waals surface area contributed by atoms with Crippen molar-refractivity contribution in [3.05, 3.63) is 29.8 Å². The molecule has 0 aromatic heterocycles. The molecule has 0 aliphatic carbocycles. The van der Waals surface area contributed by atoms with E-state index >= 15 is 0 Å². The van der Waals surface area contributed by atoms with Gasteiger partial charge in [0.2, 0.25) is 17.7 Å². The fraction of sp³-hybridized carbons (Fsp3) is 0.438. The molecule has 0 saturated carbocycles. The van der Waals surface area contributed by atoms with Crippen molar-refractivity contribution in [3.8, 4) is 5.75 Å². The highest BCUT2D eigenvalue weighted by Crippen LogP contribution is 2.12. The number of benzene rings is 1. The Bertz CT molecular complexity index is 597. The van der Waals surface area contributed by atoms with Crippen molar-refractivity contribution in [2.24, 2.45) is 5.73 Å². The zero-order valence-electron chi connectivity index (χ0n) is 13.2. The van der Waals surface area contributed by atoms with E-state index in [0.29, 0.717) is 0 Å². The molecule has 8 nitrogen and oxygen atoms in total. The number of carbonyl (C=O) groups is 3. The molecule has 6 N–H and O–H groups in total. The van der Waals surface area contributed by atoms with Gasteiger partial charge < -0.3 is 26.8 Å².